The molecule has 0 bridgehead atoms. The molecule has 112 valence electrons. The van der Waals surface area contributed by atoms with E-state index in [4.69, 9.17) is 5.11 Å². The van der Waals surface area contributed by atoms with Gasteiger partial charge in [-0.1, -0.05) is 18.2 Å². The van der Waals surface area contributed by atoms with Crippen LogP contribution in [0.15, 0.2) is 30.4 Å². The Morgan fingerprint density at radius 1 is 1.19 bits per heavy atom. The maximum Gasteiger partial charge on any atom is 0.313 e. The van der Waals surface area contributed by atoms with Crippen LogP contribution in [0.1, 0.15) is 17.5 Å². The van der Waals surface area contributed by atoms with Crippen LogP contribution in [0.4, 0.5) is 5.69 Å². The highest BCUT2D eigenvalue weighted by atomic mass is 16.3. The standard InChI is InChI=1S/C16H20N2O3/c1-10-3-5-13(7-11(10)2)17-15(20)16(21)18-14-6-4-12(8-14)9-19/h3-7,12,14,19H,8-9H2,1-2H3,(H,17,20)(H,18,21)/t12-,14+/m0/s1. The maximum atomic E-state index is 11.9. The summed E-state index contributed by atoms with van der Waals surface area (Å²) in [6.07, 6.45) is 4.29. The van der Waals surface area contributed by atoms with E-state index >= 15 is 0 Å². The first-order chi connectivity index (χ1) is 9.99. The largest absolute Gasteiger partial charge is 0.396 e. The van der Waals surface area contributed by atoms with Crippen molar-refractivity contribution < 1.29 is 14.7 Å². The molecule has 1 aromatic rings. The molecule has 0 aliphatic heterocycles. The van der Waals surface area contributed by atoms with E-state index in [0.717, 1.165) is 11.1 Å². The normalized spacial score (nSPS) is 20.3. The first-order valence-electron chi connectivity index (χ1n) is 6.98. The van der Waals surface area contributed by atoms with Crippen molar-refractivity contribution in [2.75, 3.05) is 11.9 Å². The Morgan fingerprint density at radius 2 is 1.95 bits per heavy atom. The van der Waals surface area contributed by atoms with Crippen LogP contribution < -0.4 is 10.6 Å². The van der Waals surface area contributed by atoms with Gasteiger partial charge in [-0.2, -0.15) is 0 Å². The van der Waals surface area contributed by atoms with E-state index in [1.54, 1.807) is 6.07 Å². The molecule has 21 heavy (non-hydrogen) atoms. The lowest BCUT2D eigenvalue weighted by Gasteiger charge is -2.13. The Bertz CT molecular complexity index is 581. The highest BCUT2D eigenvalue weighted by Gasteiger charge is 2.22. The van der Waals surface area contributed by atoms with E-state index in [1.165, 1.54) is 0 Å². The van der Waals surface area contributed by atoms with E-state index in [0.29, 0.717) is 12.1 Å². The molecule has 0 saturated carbocycles. The van der Waals surface area contributed by atoms with Crippen molar-refractivity contribution in [1.82, 2.24) is 5.32 Å². The predicted molar refractivity (Wildman–Crippen MR) is 80.8 cm³/mol. The predicted octanol–water partition coefficient (Wildman–Crippen LogP) is 1.30. The van der Waals surface area contributed by atoms with Crippen molar-refractivity contribution in [3.63, 3.8) is 0 Å². The van der Waals surface area contributed by atoms with Gasteiger partial charge in [0.05, 0.1) is 0 Å². The van der Waals surface area contributed by atoms with E-state index in [1.807, 2.05) is 38.1 Å². The molecule has 5 nitrogen and oxygen atoms in total. The summed E-state index contributed by atoms with van der Waals surface area (Å²) < 4.78 is 0. The number of aryl methyl sites for hydroxylation is 2. The second kappa shape index (κ2) is 6.54. The van der Waals surface area contributed by atoms with Gasteiger partial charge in [0, 0.05) is 24.3 Å². The van der Waals surface area contributed by atoms with Crippen molar-refractivity contribution in [3.05, 3.63) is 41.5 Å². The van der Waals surface area contributed by atoms with Crippen molar-refractivity contribution in [2.24, 2.45) is 5.92 Å². The van der Waals surface area contributed by atoms with Gasteiger partial charge in [-0.05, 0) is 43.5 Å². The topological polar surface area (TPSA) is 78.4 Å². The van der Waals surface area contributed by atoms with Gasteiger partial charge >= 0.3 is 11.8 Å². The number of hydrogen-bond donors (Lipinski definition) is 3. The molecule has 1 aromatic carbocycles. The molecule has 2 rings (SSSR count). The van der Waals surface area contributed by atoms with Crippen molar-refractivity contribution in [3.8, 4) is 0 Å². The van der Waals surface area contributed by atoms with Crippen LogP contribution in [-0.2, 0) is 9.59 Å². The molecule has 0 fully saturated rings. The quantitative estimate of drug-likeness (QED) is 0.579. The van der Waals surface area contributed by atoms with Crippen LogP contribution in [0.25, 0.3) is 0 Å². The van der Waals surface area contributed by atoms with Crippen molar-refractivity contribution in [2.45, 2.75) is 26.3 Å². The highest BCUT2D eigenvalue weighted by molar-refractivity contribution is 6.39. The fourth-order valence-electron chi connectivity index (χ4n) is 2.26. The number of amides is 2. The zero-order valence-corrected chi connectivity index (χ0v) is 12.2. The maximum absolute atomic E-state index is 11.9. The van der Waals surface area contributed by atoms with Gasteiger partial charge in [0.15, 0.2) is 0 Å². The zero-order valence-electron chi connectivity index (χ0n) is 12.2. The number of hydrogen-bond acceptors (Lipinski definition) is 3. The highest BCUT2D eigenvalue weighted by Crippen LogP contribution is 2.17. The number of rotatable bonds is 3. The summed E-state index contributed by atoms with van der Waals surface area (Å²) in [6.45, 7) is 3.98. The van der Waals surface area contributed by atoms with Gasteiger partial charge in [-0.25, -0.2) is 0 Å². The molecule has 5 heteroatoms. The van der Waals surface area contributed by atoms with Crippen LogP contribution >= 0.6 is 0 Å². The second-order valence-electron chi connectivity index (χ2n) is 5.40. The molecule has 3 N–H and O–H groups in total. The molecule has 0 aromatic heterocycles. The number of carbonyl (C=O) groups is 2. The minimum atomic E-state index is -0.681. The first kappa shape index (κ1) is 15.3. The molecule has 0 heterocycles. The van der Waals surface area contributed by atoms with Crippen molar-refractivity contribution >= 4 is 17.5 Å². The molecule has 0 saturated heterocycles. The van der Waals surface area contributed by atoms with E-state index in [2.05, 4.69) is 10.6 Å². The Kier molecular flexibility index (Phi) is 4.75. The number of anilines is 1. The van der Waals surface area contributed by atoms with E-state index < -0.39 is 11.8 Å². The van der Waals surface area contributed by atoms with Gasteiger partial charge in [-0.3, -0.25) is 9.59 Å². The summed E-state index contributed by atoms with van der Waals surface area (Å²) in [5.74, 6) is -1.29. The number of aliphatic hydroxyl groups excluding tert-OH is 1. The Morgan fingerprint density at radius 3 is 2.57 bits per heavy atom. The van der Waals surface area contributed by atoms with Crippen LogP contribution in [0.2, 0.25) is 0 Å². The minimum absolute atomic E-state index is 0.0533. The summed E-state index contributed by atoms with van der Waals surface area (Å²) in [5.41, 5.74) is 2.79. The second-order valence-corrected chi connectivity index (χ2v) is 5.40. The fraction of sp³-hybridized carbons (Fsp3) is 0.375. The third-order valence-electron chi connectivity index (χ3n) is 3.69. The molecule has 2 atom stereocenters. The molecular weight excluding hydrogens is 268 g/mol. The van der Waals surface area contributed by atoms with Gasteiger partial charge < -0.3 is 15.7 Å². The average molecular weight is 288 g/mol. The van der Waals surface area contributed by atoms with Crippen LogP contribution in [0.5, 0.6) is 0 Å². The molecule has 0 spiro atoms. The number of benzene rings is 1. The monoisotopic (exact) mass is 288 g/mol. The Labute approximate surface area is 124 Å². The van der Waals surface area contributed by atoms with Crippen LogP contribution in [0.3, 0.4) is 0 Å². The number of carbonyl (C=O) groups excluding carboxylic acids is 2. The number of aliphatic hydroxyl groups is 1. The summed E-state index contributed by atoms with van der Waals surface area (Å²) >= 11 is 0. The Balaban J connectivity index is 1.89. The SMILES string of the molecule is Cc1ccc(NC(=O)C(=O)N[C@@H]2C=C[C@H](CO)C2)cc1C. The summed E-state index contributed by atoms with van der Waals surface area (Å²) in [7, 11) is 0. The number of nitrogens with one attached hydrogen (secondary N) is 2. The lowest BCUT2D eigenvalue weighted by molar-refractivity contribution is -0.136. The van der Waals surface area contributed by atoms with Crippen LogP contribution in [0, 0.1) is 19.8 Å². The third kappa shape index (κ3) is 3.92. The molecule has 2 amide bonds. The molecule has 0 radical (unpaired) electrons. The van der Waals surface area contributed by atoms with Gasteiger partial charge in [0.1, 0.15) is 0 Å². The summed E-state index contributed by atoms with van der Waals surface area (Å²) in [4.78, 5) is 23.7. The average Bonchev–Trinajstić information content (AvgIpc) is 2.90. The Hall–Kier alpha value is -2.14. The molecule has 1 aliphatic rings. The smallest absolute Gasteiger partial charge is 0.313 e. The summed E-state index contributed by atoms with van der Waals surface area (Å²) in [5, 5.41) is 14.3. The molecule has 1 aliphatic carbocycles. The van der Waals surface area contributed by atoms with Gasteiger partial charge in [0.2, 0.25) is 0 Å². The van der Waals surface area contributed by atoms with Crippen molar-refractivity contribution in [1.29, 1.82) is 0 Å². The van der Waals surface area contributed by atoms with Gasteiger partial charge in [0.25, 0.3) is 0 Å². The van der Waals surface area contributed by atoms with E-state index in [-0.39, 0.29) is 18.6 Å². The van der Waals surface area contributed by atoms with Gasteiger partial charge in [-0.15, -0.1) is 0 Å². The first-order valence-corrected chi connectivity index (χ1v) is 6.98. The lowest BCUT2D eigenvalue weighted by atomic mass is 10.1. The summed E-state index contributed by atoms with van der Waals surface area (Å²) in [6, 6.07) is 5.30. The third-order valence-corrected chi connectivity index (χ3v) is 3.69. The van der Waals surface area contributed by atoms with Crippen LogP contribution in [-0.4, -0.2) is 29.6 Å². The lowest BCUT2D eigenvalue weighted by Crippen LogP contribution is -2.40. The molecular formula is C16H20N2O3. The molecule has 0 unspecified atom stereocenters. The zero-order chi connectivity index (χ0) is 15.4. The fourth-order valence-corrected chi connectivity index (χ4v) is 2.26. The van der Waals surface area contributed by atoms with E-state index in [9.17, 15) is 9.59 Å². The minimum Gasteiger partial charge on any atom is -0.396 e.